The number of carbonyl (C=O) groups excluding carboxylic acids is 1. The molecule has 0 fully saturated rings. The number of hydrogen-bond donors (Lipinski definition) is 0. The van der Waals surface area contributed by atoms with E-state index in [0.29, 0.717) is 30.8 Å². The Balaban J connectivity index is 2.19. The van der Waals surface area contributed by atoms with Crippen molar-refractivity contribution in [2.45, 2.75) is 26.7 Å². The molecule has 0 N–H and O–H groups in total. The van der Waals surface area contributed by atoms with Crippen LogP contribution in [0.5, 0.6) is 0 Å². The molecule has 0 spiro atoms. The van der Waals surface area contributed by atoms with Gasteiger partial charge in [-0.1, -0.05) is 24.3 Å². The van der Waals surface area contributed by atoms with Crippen molar-refractivity contribution in [3.63, 3.8) is 0 Å². The third-order valence-electron chi connectivity index (χ3n) is 4.23. The van der Waals surface area contributed by atoms with Gasteiger partial charge in [-0.05, 0) is 43.9 Å². The van der Waals surface area contributed by atoms with Crippen LogP contribution in [0.4, 0.5) is 0 Å². The summed E-state index contributed by atoms with van der Waals surface area (Å²) in [6.45, 7) is 4.81. The maximum absolute atomic E-state index is 12.7. The van der Waals surface area contributed by atoms with Crippen LogP contribution in [-0.2, 0) is 21.2 Å². The van der Waals surface area contributed by atoms with E-state index in [0.717, 1.165) is 15.4 Å². The molecule has 1 amide bonds. The molecule has 0 heterocycles. The molecule has 0 bridgehead atoms. The Morgan fingerprint density at radius 3 is 2.43 bits per heavy atom. The molecule has 0 radical (unpaired) electrons. The van der Waals surface area contributed by atoms with Gasteiger partial charge in [-0.3, -0.25) is 4.79 Å². The van der Waals surface area contributed by atoms with Gasteiger partial charge in [-0.25, -0.2) is 8.42 Å². The quantitative estimate of drug-likeness (QED) is 0.799. The fourth-order valence-corrected chi connectivity index (χ4v) is 4.08. The van der Waals surface area contributed by atoms with Crippen molar-refractivity contribution in [3.8, 4) is 0 Å². The smallest absolute Gasteiger partial charge is 0.239 e. The molecule has 1 aromatic carbocycles. The van der Waals surface area contributed by atoms with Crippen molar-refractivity contribution < 1.29 is 13.2 Å². The van der Waals surface area contributed by atoms with Gasteiger partial charge in [0, 0.05) is 20.1 Å². The minimum atomic E-state index is -3.60. The molecule has 1 aliphatic carbocycles. The number of carbonyl (C=O) groups is 1. The first kappa shape index (κ1) is 17.7. The molecular weight excluding hydrogens is 312 g/mol. The first-order chi connectivity index (χ1) is 10.9. The summed E-state index contributed by atoms with van der Waals surface area (Å²) in [5.41, 5.74) is 2.11. The lowest BCUT2D eigenvalue weighted by molar-refractivity contribution is -0.130. The zero-order valence-electron chi connectivity index (χ0n) is 13.9. The Hall–Kier alpha value is -1.66. The van der Waals surface area contributed by atoms with Crippen LogP contribution in [-0.4, -0.2) is 50.2 Å². The van der Waals surface area contributed by atoms with E-state index in [9.17, 15) is 13.2 Å². The molecule has 0 aliphatic heterocycles. The van der Waals surface area contributed by atoms with E-state index >= 15 is 0 Å². The van der Waals surface area contributed by atoms with Gasteiger partial charge in [0.2, 0.25) is 15.9 Å². The largest absolute Gasteiger partial charge is 0.342 e. The van der Waals surface area contributed by atoms with E-state index in [4.69, 9.17) is 0 Å². The number of allylic oxidation sites excluding steroid dienone is 1. The standard InChI is InChI=1S/C17H24N2O3S/c1-4-19(5-2)17(20)13-18(3)23(21,22)16-11-10-14-8-6-7-9-15(14)12-16/h6-9,12H,4-5,10-11,13H2,1-3H3. The maximum atomic E-state index is 12.7. The van der Waals surface area contributed by atoms with Gasteiger partial charge in [-0.2, -0.15) is 4.31 Å². The van der Waals surface area contributed by atoms with Crippen LogP contribution in [0.3, 0.4) is 0 Å². The summed E-state index contributed by atoms with van der Waals surface area (Å²) in [5, 5.41) is 0. The number of likely N-dealkylation sites (N-methyl/N-ethyl adjacent to an activating group) is 2. The second kappa shape index (κ2) is 7.27. The van der Waals surface area contributed by atoms with Crippen LogP contribution in [0.1, 0.15) is 31.4 Å². The predicted molar refractivity (Wildman–Crippen MR) is 92.2 cm³/mol. The molecule has 1 aromatic rings. The average molecular weight is 336 g/mol. The Bertz CT molecular complexity index is 706. The minimum Gasteiger partial charge on any atom is -0.342 e. The molecule has 23 heavy (non-hydrogen) atoms. The lowest BCUT2D eigenvalue weighted by Gasteiger charge is -2.25. The third-order valence-corrected chi connectivity index (χ3v) is 6.16. The number of sulfonamides is 1. The van der Waals surface area contributed by atoms with Gasteiger partial charge in [0.05, 0.1) is 11.4 Å². The van der Waals surface area contributed by atoms with E-state index in [1.807, 2.05) is 38.1 Å². The summed E-state index contributed by atoms with van der Waals surface area (Å²) in [4.78, 5) is 14.2. The molecule has 0 aromatic heterocycles. The number of benzene rings is 1. The van der Waals surface area contributed by atoms with Crippen LogP contribution >= 0.6 is 0 Å². The summed E-state index contributed by atoms with van der Waals surface area (Å²) < 4.78 is 26.6. The minimum absolute atomic E-state index is 0.122. The SMILES string of the molecule is CCN(CC)C(=O)CN(C)S(=O)(=O)C1=Cc2ccccc2CC1. The Kier molecular flexibility index (Phi) is 5.59. The van der Waals surface area contributed by atoms with Gasteiger partial charge in [0.25, 0.3) is 0 Å². The number of nitrogens with zero attached hydrogens (tertiary/aromatic N) is 2. The number of rotatable bonds is 6. The number of hydrogen-bond acceptors (Lipinski definition) is 3. The maximum Gasteiger partial charge on any atom is 0.239 e. The summed E-state index contributed by atoms with van der Waals surface area (Å²) in [6, 6.07) is 7.80. The highest BCUT2D eigenvalue weighted by Gasteiger charge is 2.28. The predicted octanol–water partition coefficient (Wildman–Crippen LogP) is 2.10. The molecule has 2 rings (SSSR count). The fraction of sp³-hybridized carbons (Fsp3) is 0.471. The molecule has 0 unspecified atom stereocenters. The second-order valence-electron chi connectivity index (χ2n) is 5.64. The summed E-state index contributed by atoms with van der Waals surface area (Å²) >= 11 is 0. The van der Waals surface area contributed by atoms with Crippen LogP contribution in [0.25, 0.3) is 6.08 Å². The zero-order valence-corrected chi connectivity index (χ0v) is 14.8. The Labute approximate surface area is 138 Å². The van der Waals surface area contributed by atoms with E-state index in [1.165, 1.54) is 7.05 Å². The van der Waals surface area contributed by atoms with Crippen LogP contribution in [0.15, 0.2) is 29.2 Å². The number of amides is 1. The summed E-state index contributed by atoms with van der Waals surface area (Å²) in [7, 11) is -2.13. The van der Waals surface area contributed by atoms with Gasteiger partial charge in [0.15, 0.2) is 0 Å². The van der Waals surface area contributed by atoms with Gasteiger partial charge in [0.1, 0.15) is 0 Å². The average Bonchev–Trinajstić information content (AvgIpc) is 2.55. The van der Waals surface area contributed by atoms with Crippen molar-refractivity contribution in [3.05, 3.63) is 40.3 Å². The normalized spacial score (nSPS) is 14.3. The van der Waals surface area contributed by atoms with Gasteiger partial charge < -0.3 is 4.90 Å². The molecule has 126 valence electrons. The highest BCUT2D eigenvalue weighted by Crippen LogP contribution is 2.28. The molecular formula is C17H24N2O3S. The molecule has 1 aliphatic rings. The number of aryl methyl sites for hydroxylation is 1. The Morgan fingerprint density at radius 2 is 1.78 bits per heavy atom. The molecule has 0 saturated carbocycles. The van der Waals surface area contributed by atoms with Gasteiger partial charge in [-0.15, -0.1) is 0 Å². The highest BCUT2D eigenvalue weighted by molar-refractivity contribution is 7.93. The van der Waals surface area contributed by atoms with E-state index in [1.54, 1.807) is 11.0 Å². The molecule has 5 nitrogen and oxygen atoms in total. The molecule has 0 saturated heterocycles. The van der Waals surface area contributed by atoms with Gasteiger partial charge >= 0.3 is 0 Å². The monoisotopic (exact) mass is 336 g/mol. The van der Waals surface area contributed by atoms with Crippen molar-refractivity contribution in [2.24, 2.45) is 0 Å². The van der Waals surface area contributed by atoms with Crippen molar-refractivity contribution in [1.29, 1.82) is 0 Å². The summed E-state index contributed by atoms with van der Waals surface area (Å²) in [5.74, 6) is -0.169. The number of fused-ring (bicyclic) bond motifs is 1. The third kappa shape index (κ3) is 3.82. The lowest BCUT2D eigenvalue weighted by atomic mass is 9.98. The van der Waals surface area contributed by atoms with Crippen LogP contribution in [0.2, 0.25) is 0 Å². The van der Waals surface area contributed by atoms with Crippen molar-refractivity contribution in [1.82, 2.24) is 9.21 Å². The van der Waals surface area contributed by atoms with Crippen molar-refractivity contribution >= 4 is 22.0 Å². The Morgan fingerprint density at radius 1 is 1.13 bits per heavy atom. The topological polar surface area (TPSA) is 57.7 Å². The molecule has 0 atom stereocenters. The molecule has 6 heteroatoms. The van der Waals surface area contributed by atoms with Crippen LogP contribution in [0, 0.1) is 0 Å². The van der Waals surface area contributed by atoms with E-state index in [-0.39, 0.29) is 12.5 Å². The highest BCUT2D eigenvalue weighted by atomic mass is 32.2. The van der Waals surface area contributed by atoms with E-state index in [2.05, 4.69) is 0 Å². The van der Waals surface area contributed by atoms with Crippen molar-refractivity contribution in [2.75, 3.05) is 26.7 Å². The fourth-order valence-electron chi connectivity index (χ4n) is 2.76. The van der Waals surface area contributed by atoms with Crippen LogP contribution < -0.4 is 0 Å². The summed E-state index contributed by atoms with van der Waals surface area (Å²) in [6.07, 6.45) is 2.91. The first-order valence-electron chi connectivity index (χ1n) is 7.92. The zero-order chi connectivity index (χ0) is 17.0. The second-order valence-corrected chi connectivity index (χ2v) is 7.73. The first-order valence-corrected chi connectivity index (χ1v) is 9.36. The lowest BCUT2D eigenvalue weighted by Crippen LogP contribution is -2.41. The van der Waals surface area contributed by atoms with E-state index < -0.39 is 10.0 Å².